The second kappa shape index (κ2) is 6.34. The van der Waals surface area contributed by atoms with Crippen LogP contribution < -0.4 is 4.74 Å². The fraction of sp³-hybridized carbons (Fsp3) is 0.133. The van der Waals surface area contributed by atoms with Crippen LogP contribution in [0.15, 0.2) is 48.5 Å². The summed E-state index contributed by atoms with van der Waals surface area (Å²) in [4.78, 5) is 11.7. The quantitative estimate of drug-likeness (QED) is 0.834. The van der Waals surface area contributed by atoms with Crippen molar-refractivity contribution in [1.29, 1.82) is 0 Å². The van der Waals surface area contributed by atoms with Gasteiger partial charge in [-0.25, -0.2) is 4.39 Å². The van der Waals surface area contributed by atoms with Gasteiger partial charge >= 0.3 is 0 Å². The maximum absolute atomic E-state index is 13.2. The van der Waals surface area contributed by atoms with Gasteiger partial charge in [0, 0.05) is 6.42 Å². The first-order valence-corrected chi connectivity index (χ1v) is 6.16. The lowest BCUT2D eigenvalue weighted by atomic mass is 10.1. The van der Waals surface area contributed by atoms with Gasteiger partial charge < -0.3 is 4.74 Å². The Balaban J connectivity index is 1.89. The van der Waals surface area contributed by atoms with Gasteiger partial charge in [-0.2, -0.15) is 0 Å². The molecule has 0 atom stereocenters. The number of hydrogen-bond acceptors (Lipinski definition) is 2. The average molecular weight is 279 g/mol. The third-order valence-corrected chi connectivity index (χ3v) is 2.83. The summed E-state index contributed by atoms with van der Waals surface area (Å²) in [6.07, 6.45) is 0.126. The third kappa shape index (κ3) is 4.07. The lowest BCUT2D eigenvalue weighted by Crippen LogP contribution is -2.13. The lowest BCUT2D eigenvalue weighted by Gasteiger charge is -2.05. The molecule has 0 aliphatic rings. The highest BCUT2D eigenvalue weighted by Crippen LogP contribution is 2.16. The molecule has 0 unspecified atom stereocenters. The van der Waals surface area contributed by atoms with Crippen LogP contribution in [0.4, 0.5) is 4.39 Å². The van der Waals surface area contributed by atoms with Crippen molar-refractivity contribution in [3.8, 4) is 5.75 Å². The summed E-state index contributed by atoms with van der Waals surface area (Å²) in [5, 5.41) is 0.0525. The van der Waals surface area contributed by atoms with Crippen LogP contribution in [0, 0.1) is 5.82 Å². The van der Waals surface area contributed by atoms with Gasteiger partial charge in [0.05, 0.1) is 5.02 Å². The van der Waals surface area contributed by atoms with Gasteiger partial charge in [-0.15, -0.1) is 0 Å². The van der Waals surface area contributed by atoms with Crippen LogP contribution in [0.2, 0.25) is 5.02 Å². The fourth-order valence-electron chi connectivity index (χ4n) is 1.61. The second-order valence-corrected chi connectivity index (χ2v) is 4.47. The van der Waals surface area contributed by atoms with E-state index < -0.39 is 5.82 Å². The number of ether oxygens (including phenoxy) is 1. The molecule has 19 heavy (non-hydrogen) atoms. The number of carbonyl (C=O) groups excluding carboxylic acids is 1. The molecule has 0 N–H and O–H groups in total. The molecule has 0 radical (unpaired) electrons. The van der Waals surface area contributed by atoms with E-state index in [2.05, 4.69) is 0 Å². The Labute approximate surface area is 115 Å². The molecule has 0 amide bonds. The Bertz CT molecular complexity index is 570. The number of halogens is 2. The first-order chi connectivity index (χ1) is 9.15. The van der Waals surface area contributed by atoms with Crippen molar-refractivity contribution in [2.24, 2.45) is 0 Å². The van der Waals surface area contributed by atoms with E-state index in [0.717, 1.165) is 0 Å². The Kier molecular flexibility index (Phi) is 4.53. The highest BCUT2D eigenvalue weighted by atomic mass is 35.5. The summed E-state index contributed by atoms with van der Waals surface area (Å²) in [6.45, 7) is -0.0335. The monoisotopic (exact) mass is 278 g/mol. The highest BCUT2D eigenvalue weighted by Gasteiger charge is 2.07. The molecule has 2 aromatic carbocycles. The summed E-state index contributed by atoms with van der Waals surface area (Å²) >= 11 is 5.57. The highest BCUT2D eigenvalue weighted by molar-refractivity contribution is 6.30. The number of benzene rings is 2. The zero-order chi connectivity index (χ0) is 13.7. The van der Waals surface area contributed by atoms with Gasteiger partial charge in [0.25, 0.3) is 0 Å². The van der Waals surface area contributed by atoms with Crippen molar-refractivity contribution in [2.45, 2.75) is 6.42 Å². The lowest BCUT2D eigenvalue weighted by molar-refractivity contribution is -0.120. The van der Waals surface area contributed by atoms with E-state index in [4.69, 9.17) is 16.3 Å². The molecule has 0 aliphatic heterocycles. The molecule has 2 rings (SSSR count). The van der Waals surface area contributed by atoms with Gasteiger partial charge in [-0.05, 0) is 29.8 Å². The van der Waals surface area contributed by atoms with E-state index in [1.165, 1.54) is 12.1 Å². The zero-order valence-electron chi connectivity index (χ0n) is 10.1. The Hall–Kier alpha value is -1.87. The maximum atomic E-state index is 13.2. The number of para-hydroxylation sites is 1. The van der Waals surface area contributed by atoms with Crippen LogP contribution in [0.1, 0.15) is 5.56 Å². The molecule has 2 aromatic rings. The van der Waals surface area contributed by atoms with Crippen molar-refractivity contribution in [3.05, 3.63) is 64.9 Å². The van der Waals surface area contributed by atoms with Crippen LogP contribution in [-0.4, -0.2) is 12.4 Å². The molecule has 0 aromatic heterocycles. The SMILES string of the molecule is O=C(COc1ccccc1)Cc1ccc(Cl)c(F)c1. The Morgan fingerprint density at radius 1 is 1.16 bits per heavy atom. The van der Waals surface area contributed by atoms with Crippen molar-refractivity contribution in [3.63, 3.8) is 0 Å². The first kappa shape index (κ1) is 13.6. The van der Waals surface area contributed by atoms with Gasteiger partial charge in [-0.3, -0.25) is 4.79 Å². The molecule has 98 valence electrons. The molecule has 0 saturated carbocycles. The Morgan fingerprint density at radius 2 is 1.89 bits per heavy atom. The van der Waals surface area contributed by atoms with Gasteiger partial charge in [0.2, 0.25) is 0 Å². The van der Waals surface area contributed by atoms with E-state index in [-0.39, 0.29) is 23.8 Å². The van der Waals surface area contributed by atoms with Crippen LogP contribution in [0.5, 0.6) is 5.75 Å². The van der Waals surface area contributed by atoms with Gasteiger partial charge in [-0.1, -0.05) is 35.9 Å². The van der Waals surface area contributed by atoms with E-state index in [9.17, 15) is 9.18 Å². The number of carbonyl (C=O) groups is 1. The number of rotatable bonds is 5. The predicted octanol–water partition coefficient (Wildman–Crippen LogP) is 3.67. The molecule has 0 saturated heterocycles. The molecule has 4 heteroatoms. The van der Waals surface area contributed by atoms with Crippen LogP contribution in [-0.2, 0) is 11.2 Å². The molecule has 0 bridgehead atoms. The largest absolute Gasteiger partial charge is 0.486 e. The number of Topliss-reactive ketones (excluding diaryl/α,β-unsaturated/α-hetero) is 1. The van der Waals surface area contributed by atoms with E-state index in [1.54, 1.807) is 18.2 Å². The molecule has 0 spiro atoms. The minimum absolute atomic E-state index is 0.0335. The standard InChI is InChI=1S/C15H12ClFO2/c16-14-7-6-11(9-15(14)17)8-12(18)10-19-13-4-2-1-3-5-13/h1-7,9H,8,10H2. The minimum Gasteiger partial charge on any atom is -0.486 e. The second-order valence-electron chi connectivity index (χ2n) is 4.07. The summed E-state index contributed by atoms with van der Waals surface area (Å²) in [5.41, 5.74) is 0.587. The van der Waals surface area contributed by atoms with Crippen molar-refractivity contribution in [1.82, 2.24) is 0 Å². The van der Waals surface area contributed by atoms with E-state index >= 15 is 0 Å². The first-order valence-electron chi connectivity index (χ1n) is 5.78. The molecule has 0 fully saturated rings. The Morgan fingerprint density at radius 3 is 2.58 bits per heavy atom. The van der Waals surface area contributed by atoms with Crippen LogP contribution in [0.3, 0.4) is 0 Å². The smallest absolute Gasteiger partial charge is 0.174 e. The third-order valence-electron chi connectivity index (χ3n) is 2.53. The van der Waals surface area contributed by atoms with Crippen LogP contribution >= 0.6 is 11.6 Å². The summed E-state index contributed by atoms with van der Waals surface area (Å²) in [6, 6.07) is 13.4. The maximum Gasteiger partial charge on any atom is 0.174 e. The van der Waals surface area contributed by atoms with Crippen molar-refractivity contribution >= 4 is 17.4 Å². The molecule has 0 aliphatic carbocycles. The fourth-order valence-corrected chi connectivity index (χ4v) is 1.73. The molecule has 0 heterocycles. The predicted molar refractivity (Wildman–Crippen MR) is 72.1 cm³/mol. The van der Waals surface area contributed by atoms with E-state index in [0.29, 0.717) is 11.3 Å². The van der Waals surface area contributed by atoms with Crippen molar-refractivity contribution < 1.29 is 13.9 Å². The number of ketones is 1. The minimum atomic E-state index is -0.518. The summed E-state index contributed by atoms with van der Waals surface area (Å²) in [7, 11) is 0. The van der Waals surface area contributed by atoms with Gasteiger partial charge in [0.15, 0.2) is 5.78 Å². The van der Waals surface area contributed by atoms with Crippen LogP contribution in [0.25, 0.3) is 0 Å². The molecule has 2 nitrogen and oxygen atoms in total. The topological polar surface area (TPSA) is 26.3 Å². The zero-order valence-corrected chi connectivity index (χ0v) is 10.9. The normalized spacial score (nSPS) is 10.2. The average Bonchev–Trinajstić information content (AvgIpc) is 2.42. The summed E-state index contributed by atoms with van der Waals surface area (Å²) < 4.78 is 18.5. The van der Waals surface area contributed by atoms with Gasteiger partial charge in [0.1, 0.15) is 18.2 Å². The van der Waals surface area contributed by atoms with Crippen molar-refractivity contribution in [2.75, 3.05) is 6.61 Å². The molecular formula is C15H12ClFO2. The molecular weight excluding hydrogens is 267 g/mol. The summed E-state index contributed by atoms with van der Waals surface area (Å²) in [5.74, 6) is -0.000318. The number of hydrogen-bond donors (Lipinski definition) is 0. The van der Waals surface area contributed by atoms with E-state index in [1.807, 2.05) is 18.2 Å².